The van der Waals surface area contributed by atoms with Crippen molar-refractivity contribution in [3.8, 4) is 0 Å². The number of pyridine rings is 1. The molecule has 1 aromatic heterocycles. The zero-order valence-corrected chi connectivity index (χ0v) is 9.74. The number of nitrogens with one attached hydrogen (secondary N) is 1. The second-order valence-electron chi connectivity index (χ2n) is 3.76. The molecule has 3 nitrogen and oxygen atoms in total. The summed E-state index contributed by atoms with van der Waals surface area (Å²) in [6, 6.07) is 4.10. The van der Waals surface area contributed by atoms with E-state index in [1.807, 2.05) is 18.5 Å². The Balaban J connectivity index is 2.03. The molecule has 0 aliphatic rings. The lowest BCUT2D eigenvalue weighted by molar-refractivity contribution is 0.349. The van der Waals surface area contributed by atoms with Crippen LogP contribution in [0.3, 0.4) is 0 Å². The maximum Gasteiger partial charge on any atom is 0.0300 e. The molecule has 0 amide bonds. The first-order valence-electron chi connectivity index (χ1n) is 5.61. The summed E-state index contributed by atoms with van der Waals surface area (Å²) >= 11 is 0. The van der Waals surface area contributed by atoms with E-state index in [1.165, 1.54) is 5.56 Å². The molecule has 0 saturated carbocycles. The normalized spacial score (nSPS) is 10.9. The van der Waals surface area contributed by atoms with E-state index in [2.05, 4.69) is 35.2 Å². The van der Waals surface area contributed by atoms with Crippen molar-refractivity contribution in [2.75, 3.05) is 33.2 Å². The summed E-state index contributed by atoms with van der Waals surface area (Å²) in [5.41, 5.74) is 1.30. The van der Waals surface area contributed by atoms with Gasteiger partial charge in [0.25, 0.3) is 0 Å². The lowest BCUT2D eigenvalue weighted by Crippen LogP contribution is -2.30. The van der Waals surface area contributed by atoms with Crippen LogP contribution in [0.5, 0.6) is 0 Å². The third-order valence-corrected chi connectivity index (χ3v) is 2.52. The van der Waals surface area contributed by atoms with E-state index in [4.69, 9.17) is 0 Å². The van der Waals surface area contributed by atoms with Crippen LogP contribution in [0.2, 0.25) is 0 Å². The quantitative estimate of drug-likeness (QED) is 0.680. The number of aromatic nitrogens is 1. The van der Waals surface area contributed by atoms with Gasteiger partial charge in [-0.3, -0.25) is 4.98 Å². The predicted octanol–water partition coefficient (Wildman–Crippen LogP) is 1.17. The Morgan fingerprint density at radius 1 is 1.40 bits per heavy atom. The van der Waals surface area contributed by atoms with Crippen LogP contribution < -0.4 is 5.32 Å². The van der Waals surface area contributed by atoms with Crippen LogP contribution in [0.15, 0.2) is 24.5 Å². The van der Waals surface area contributed by atoms with Crippen molar-refractivity contribution in [1.29, 1.82) is 0 Å². The van der Waals surface area contributed by atoms with Crippen LogP contribution >= 0.6 is 0 Å². The molecule has 0 spiro atoms. The summed E-state index contributed by atoms with van der Waals surface area (Å²) in [4.78, 5) is 6.39. The van der Waals surface area contributed by atoms with Crippen LogP contribution in [0.25, 0.3) is 0 Å². The molecule has 0 atom stereocenters. The minimum atomic E-state index is 1.03. The van der Waals surface area contributed by atoms with Gasteiger partial charge in [-0.2, -0.15) is 0 Å². The highest BCUT2D eigenvalue weighted by Crippen LogP contribution is 1.95. The molecule has 0 aliphatic heterocycles. The fraction of sp³-hybridized carbons (Fsp3) is 0.583. The SMILES string of the molecule is CCN(C)CCNCCc1cccnc1. The molecule has 0 bridgehead atoms. The van der Waals surface area contributed by atoms with Gasteiger partial charge in [0.15, 0.2) is 0 Å². The molecule has 0 aromatic carbocycles. The van der Waals surface area contributed by atoms with Gasteiger partial charge in [-0.15, -0.1) is 0 Å². The molecule has 3 heteroatoms. The lowest BCUT2D eigenvalue weighted by Gasteiger charge is -2.13. The Labute approximate surface area is 92.5 Å². The first-order valence-corrected chi connectivity index (χ1v) is 5.61. The first-order chi connectivity index (χ1) is 7.33. The van der Waals surface area contributed by atoms with Gasteiger partial charge in [-0.25, -0.2) is 0 Å². The van der Waals surface area contributed by atoms with Crippen LogP contribution in [0, 0.1) is 0 Å². The highest BCUT2D eigenvalue weighted by Gasteiger charge is 1.94. The Morgan fingerprint density at radius 2 is 2.27 bits per heavy atom. The van der Waals surface area contributed by atoms with Crippen LogP contribution in [0.4, 0.5) is 0 Å². The monoisotopic (exact) mass is 207 g/mol. The van der Waals surface area contributed by atoms with E-state index < -0.39 is 0 Å². The average molecular weight is 207 g/mol. The Morgan fingerprint density at radius 3 is 2.93 bits per heavy atom. The number of likely N-dealkylation sites (N-methyl/N-ethyl adjacent to an activating group) is 1. The van der Waals surface area contributed by atoms with Crippen molar-refractivity contribution < 1.29 is 0 Å². The fourth-order valence-corrected chi connectivity index (χ4v) is 1.33. The van der Waals surface area contributed by atoms with Gasteiger partial charge in [0.05, 0.1) is 0 Å². The average Bonchev–Trinajstić information content (AvgIpc) is 2.29. The molecule has 0 unspecified atom stereocenters. The summed E-state index contributed by atoms with van der Waals surface area (Å²) < 4.78 is 0. The Hall–Kier alpha value is -0.930. The van der Waals surface area contributed by atoms with E-state index in [-0.39, 0.29) is 0 Å². The van der Waals surface area contributed by atoms with E-state index in [9.17, 15) is 0 Å². The van der Waals surface area contributed by atoms with Crippen molar-refractivity contribution in [3.05, 3.63) is 30.1 Å². The maximum absolute atomic E-state index is 4.09. The molecule has 1 rings (SSSR count). The summed E-state index contributed by atoms with van der Waals surface area (Å²) in [5.74, 6) is 0. The Kier molecular flexibility index (Phi) is 5.97. The maximum atomic E-state index is 4.09. The summed E-state index contributed by atoms with van der Waals surface area (Å²) in [7, 11) is 2.14. The van der Waals surface area contributed by atoms with Gasteiger partial charge in [0.1, 0.15) is 0 Å². The minimum Gasteiger partial charge on any atom is -0.315 e. The molecule has 0 aliphatic carbocycles. The van der Waals surface area contributed by atoms with E-state index in [0.717, 1.165) is 32.6 Å². The van der Waals surface area contributed by atoms with Gasteiger partial charge in [0.2, 0.25) is 0 Å². The van der Waals surface area contributed by atoms with Gasteiger partial charge in [-0.05, 0) is 38.2 Å². The number of rotatable bonds is 7. The molecule has 84 valence electrons. The standard InChI is InChI=1S/C12H21N3/c1-3-15(2)10-9-13-8-6-12-5-4-7-14-11-12/h4-5,7,11,13H,3,6,8-10H2,1-2H3. The number of hydrogen-bond donors (Lipinski definition) is 1. The van der Waals surface area contributed by atoms with Crippen molar-refractivity contribution in [3.63, 3.8) is 0 Å². The minimum absolute atomic E-state index is 1.03. The molecule has 0 radical (unpaired) electrons. The molecule has 15 heavy (non-hydrogen) atoms. The molecule has 1 aromatic rings. The van der Waals surface area contributed by atoms with Crippen molar-refractivity contribution in [2.24, 2.45) is 0 Å². The molecule has 1 heterocycles. The zero-order chi connectivity index (χ0) is 10.9. The third kappa shape index (κ3) is 5.50. The highest BCUT2D eigenvalue weighted by atomic mass is 15.1. The highest BCUT2D eigenvalue weighted by molar-refractivity contribution is 5.08. The summed E-state index contributed by atoms with van der Waals surface area (Å²) in [5, 5.41) is 3.43. The smallest absolute Gasteiger partial charge is 0.0300 e. The fourth-order valence-electron chi connectivity index (χ4n) is 1.33. The second-order valence-corrected chi connectivity index (χ2v) is 3.76. The van der Waals surface area contributed by atoms with Gasteiger partial charge in [-0.1, -0.05) is 13.0 Å². The molecular weight excluding hydrogens is 186 g/mol. The number of hydrogen-bond acceptors (Lipinski definition) is 3. The van der Waals surface area contributed by atoms with Crippen LogP contribution in [-0.4, -0.2) is 43.1 Å². The van der Waals surface area contributed by atoms with Gasteiger partial charge < -0.3 is 10.2 Å². The molecule has 0 saturated heterocycles. The van der Waals surface area contributed by atoms with E-state index in [1.54, 1.807) is 0 Å². The molecular formula is C12H21N3. The number of nitrogens with zero attached hydrogens (tertiary/aromatic N) is 2. The van der Waals surface area contributed by atoms with Crippen LogP contribution in [-0.2, 0) is 6.42 Å². The molecule has 1 N–H and O–H groups in total. The molecule has 0 fully saturated rings. The van der Waals surface area contributed by atoms with Gasteiger partial charge >= 0.3 is 0 Å². The van der Waals surface area contributed by atoms with Crippen molar-refractivity contribution in [1.82, 2.24) is 15.2 Å². The summed E-state index contributed by atoms with van der Waals surface area (Å²) in [6.45, 7) is 6.50. The summed E-state index contributed by atoms with van der Waals surface area (Å²) in [6.07, 6.45) is 4.80. The zero-order valence-electron chi connectivity index (χ0n) is 9.74. The topological polar surface area (TPSA) is 28.2 Å². The Bertz CT molecular complexity index is 248. The van der Waals surface area contributed by atoms with E-state index in [0.29, 0.717) is 0 Å². The second kappa shape index (κ2) is 7.37. The lowest BCUT2D eigenvalue weighted by atomic mass is 10.2. The largest absolute Gasteiger partial charge is 0.315 e. The van der Waals surface area contributed by atoms with Gasteiger partial charge in [0, 0.05) is 25.5 Å². The predicted molar refractivity (Wildman–Crippen MR) is 64.0 cm³/mol. The van der Waals surface area contributed by atoms with Crippen molar-refractivity contribution >= 4 is 0 Å². The first kappa shape index (κ1) is 12.1. The third-order valence-electron chi connectivity index (χ3n) is 2.52. The van der Waals surface area contributed by atoms with Crippen molar-refractivity contribution in [2.45, 2.75) is 13.3 Å². The van der Waals surface area contributed by atoms with E-state index >= 15 is 0 Å². The van der Waals surface area contributed by atoms with Crippen LogP contribution in [0.1, 0.15) is 12.5 Å².